The van der Waals surface area contributed by atoms with Crippen LogP contribution in [0.1, 0.15) is 22.2 Å². The number of carbonyl (C=O) groups is 2. The van der Waals surface area contributed by atoms with Crippen LogP contribution in [0.2, 0.25) is 0 Å². The average Bonchev–Trinajstić information content (AvgIpc) is 3.36. The Labute approximate surface area is 161 Å². The number of nitrogens with zero attached hydrogens (tertiary/aromatic N) is 1. The molecule has 6 nitrogen and oxygen atoms in total. The Morgan fingerprint density at radius 3 is 2.36 bits per heavy atom. The fourth-order valence-corrected chi connectivity index (χ4v) is 3.34. The van der Waals surface area contributed by atoms with E-state index in [4.69, 9.17) is 9.15 Å². The first-order chi connectivity index (χ1) is 13.6. The summed E-state index contributed by atoms with van der Waals surface area (Å²) >= 11 is 0. The summed E-state index contributed by atoms with van der Waals surface area (Å²) in [7, 11) is 1.55. The number of aliphatic hydroxyl groups excluding tert-OH is 1. The van der Waals surface area contributed by atoms with Crippen molar-refractivity contribution < 1.29 is 23.8 Å². The van der Waals surface area contributed by atoms with Gasteiger partial charge in [0.1, 0.15) is 5.75 Å². The van der Waals surface area contributed by atoms with E-state index >= 15 is 0 Å². The number of methoxy groups -OCH3 is 1. The molecule has 0 aliphatic carbocycles. The Morgan fingerprint density at radius 1 is 1.04 bits per heavy atom. The Balaban J connectivity index is 1.85. The molecule has 2 heterocycles. The highest BCUT2D eigenvalue weighted by Gasteiger charge is 2.45. The number of ether oxygens (including phenoxy) is 1. The average molecular weight is 375 g/mol. The lowest BCUT2D eigenvalue weighted by atomic mass is 9.95. The lowest BCUT2D eigenvalue weighted by molar-refractivity contribution is -0.117. The summed E-state index contributed by atoms with van der Waals surface area (Å²) in [5, 5.41) is 10.6. The SMILES string of the molecule is COc1ccc(N2C(=O)C(O)=C(C(=O)c3ccco3)C2c2ccccc2)cc1. The maximum absolute atomic E-state index is 13.0. The van der Waals surface area contributed by atoms with Crippen LogP contribution in [0.15, 0.2) is 88.7 Å². The van der Waals surface area contributed by atoms with Crippen molar-refractivity contribution in [2.45, 2.75) is 6.04 Å². The maximum Gasteiger partial charge on any atom is 0.294 e. The Morgan fingerprint density at radius 2 is 1.75 bits per heavy atom. The first-order valence-corrected chi connectivity index (χ1v) is 8.65. The highest BCUT2D eigenvalue weighted by atomic mass is 16.5. The smallest absolute Gasteiger partial charge is 0.294 e. The van der Waals surface area contributed by atoms with Gasteiger partial charge in [0.2, 0.25) is 5.78 Å². The van der Waals surface area contributed by atoms with Gasteiger partial charge in [0.15, 0.2) is 11.5 Å². The van der Waals surface area contributed by atoms with Crippen LogP contribution < -0.4 is 9.64 Å². The van der Waals surface area contributed by atoms with Gasteiger partial charge in [-0.25, -0.2) is 0 Å². The monoisotopic (exact) mass is 375 g/mol. The van der Waals surface area contributed by atoms with Gasteiger partial charge in [-0.3, -0.25) is 14.5 Å². The van der Waals surface area contributed by atoms with E-state index in [-0.39, 0.29) is 11.3 Å². The largest absolute Gasteiger partial charge is 0.503 e. The lowest BCUT2D eigenvalue weighted by Crippen LogP contribution is -2.31. The number of Topliss-reactive ketones (excluding diaryl/α,β-unsaturated/α-hetero) is 1. The van der Waals surface area contributed by atoms with Gasteiger partial charge in [-0.15, -0.1) is 0 Å². The maximum atomic E-state index is 13.0. The third kappa shape index (κ3) is 2.85. The van der Waals surface area contributed by atoms with Crippen LogP contribution in [0.4, 0.5) is 5.69 Å². The summed E-state index contributed by atoms with van der Waals surface area (Å²) in [5.74, 6) is -1.05. The predicted octanol–water partition coefficient (Wildman–Crippen LogP) is 4.07. The van der Waals surface area contributed by atoms with E-state index in [2.05, 4.69) is 0 Å². The summed E-state index contributed by atoms with van der Waals surface area (Å²) in [6, 6.07) is 18.3. The van der Waals surface area contributed by atoms with Crippen LogP contribution in [-0.2, 0) is 4.79 Å². The van der Waals surface area contributed by atoms with Crippen molar-refractivity contribution in [3.63, 3.8) is 0 Å². The lowest BCUT2D eigenvalue weighted by Gasteiger charge is -2.26. The molecule has 0 radical (unpaired) electrons. The van der Waals surface area contributed by atoms with Crippen molar-refractivity contribution in [1.29, 1.82) is 0 Å². The van der Waals surface area contributed by atoms with Crippen molar-refractivity contribution in [3.8, 4) is 5.75 Å². The Bertz CT molecular complexity index is 1040. The number of hydrogen-bond acceptors (Lipinski definition) is 5. The van der Waals surface area contributed by atoms with Crippen LogP contribution in [0.25, 0.3) is 0 Å². The molecule has 0 bridgehead atoms. The third-order valence-electron chi connectivity index (χ3n) is 4.66. The van der Waals surface area contributed by atoms with Gasteiger partial charge < -0.3 is 14.3 Å². The fourth-order valence-electron chi connectivity index (χ4n) is 3.34. The Kier molecular flexibility index (Phi) is 4.45. The van der Waals surface area contributed by atoms with Crippen LogP contribution >= 0.6 is 0 Å². The standard InChI is InChI=1S/C22H17NO5/c1-27-16-11-9-15(10-12-16)23-19(14-6-3-2-4-7-14)18(21(25)22(23)26)20(24)17-8-5-13-28-17/h2-13,19,25H,1H3. The van der Waals surface area contributed by atoms with Crippen LogP contribution in [-0.4, -0.2) is 23.9 Å². The highest BCUT2D eigenvalue weighted by Crippen LogP contribution is 2.42. The summed E-state index contributed by atoms with van der Waals surface area (Å²) in [6.45, 7) is 0. The van der Waals surface area contributed by atoms with Gasteiger partial charge in [-0.2, -0.15) is 0 Å². The molecule has 0 spiro atoms. The molecule has 1 unspecified atom stereocenters. The molecule has 0 saturated heterocycles. The molecule has 3 aromatic rings. The van der Waals surface area contributed by atoms with Crippen LogP contribution in [0.5, 0.6) is 5.75 Å². The van der Waals surface area contributed by atoms with E-state index in [1.54, 1.807) is 37.4 Å². The second kappa shape index (κ2) is 7.08. The van der Waals surface area contributed by atoms with Crippen LogP contribution in [0.3, 0.4) is 0 Å². The minimum Gasteiger partial charge on any atom is -0.503 e. The van der Waals surface area contributed by atoms with Gasteiger partial charge in [-0.1, -0.05) is 30.3 Å². The van der Waals surface area contributed by atoms with E-state index < -0.39 is 23.5 Å². The van der Waals surface area contributed by atoms with Crippen molar-refractivity contribution in [1.82, 2.24) is 0 Å². The van der Waals surface area contributed by atoms with E-state index in [9.17, 15) is 14.7 Å². The number of carbonyl (C=O) groups excluding carboxylic acids is 2. The normalized spacial score (nSPS) is 16.5. The van der Waals surface area contributed by atoms with Gasteiger partial charge in [0, 0.05) is 5.69 Å². The number of hydrogen-bond donors (Lipinski definition) is 1. The van der Waals surface area contributed by atoms with E-state index in [0.717, 1.165) is 0 Å². The summed E-state index contributed by atoms with van der Waals surface area (Å²) < 4.78 is 10.4. The Hall–Kier alpha value is -3.80. The predicted molar refractivity (Wildman–Crippen MR) is 102 cm³/mol. The number of benzene rings is 2. The van der Waals surface area contributed by atoms with E-state index in [1.807, 2.05) is 30.3 Å². The number of amides is 1. The van der Waals surface area contributed by atoms with Gasteiger partial charge in [0.25, 0.3) is 5.91 Å². The summed E-state index contributed by atoms with van der Waals surface area (Å²) in [5.41, 5.74) is 1.22. The number of ketones is 1. The quantitative estimate of drug-likeness (QED) is 0.680. The number of anilines is 1. The molecule has 4 rings (SSSR count). The molecule has 28 heavy (non-hydrogen) atoms. The topological polar surface area (TPSA) is 80.0 Å². The highest BCUT2D eigenvalue weighted by molar-refractivity contribution is 6.20. The first-order valence-electron chi connectivity index (χ1n) is 8.65. The fraction of sp³-hybridized carbons (Fsp3) is 0.0909. The molecule has 1 aliphatic rings. The molecule has 1 atom stereocenters. The molecular weight excluding hydrogens is 358 g/mol. The van der Waals surface area contributed by atoms with Crippen molar-refractivity contribution >= 4 is 17.4 Å². The molecule has 2 aromatic carbocycles. The third-order valence-corrected chi connectivity index (χ3v) is 4.66. The zero-order valence-corrected chi connectivity index (χ0v) is 15.0. The molecule has 0 fully saturated rings. The van der Waals surface area contributed by atoms with Crippen molar-refractivity contribution in [2.24, 2.45) is 0 Å². The molecule has 1 N–H and O–H groups in total. The molecule has 1 aromatic heterocycles. The van der Waals surface area contributed by atoms with E-state index in [0.29, 0.717) is 17.0 Å². The van der Waals surface area contributed by atoms with Gasteiger partial charge in [0.05, 0.1) is 25.0 Å². The van der Waals surface area contributed by atoms with Gasteiger partial charge in [-0.05, 0) is 42.0 Å². The number of rotatable bonds is 5. The molecule has 1 aliphatic heterocycles. The number of furan rings is 1. The summed E-state index contributed by atoms with van der Waals surface area (Å²) in [4.78, 5) is 27.3. The number of aliphatic hydroxyl groups is 1. The van der Waals surface area contributed by atoms with Gasteiger partial charge >= 0.3 is 0 Å². The minimum absolute atomic E-state index is 0.0121. The molecule has 0 saturated carbocycles. The summed E-state index contributed by atoms with van der Waals surface area (Å²) in [6.07, 6.45) is 1.38. The van der Waals surface area contributed by atoms with Crippen molar-refractivity contribution in [3.05, 3.63) is 95.6 Å². The van der Waals surface area contributed by atoms with E-state index in [1.165, 1.54) is 17.2 Å². The van der Waals surface area contributed by atoms with Crippen LogP contribution in [0, 0.1) is 0 Å². The zero-order chi connectivity index (χ0) is 19.7. The van der Waals surface area contributed by atoms with Crippen molar-refractivity contribution in [2.75, 3.05) is 12.0 Å². The molecule has 140 valence electrons. The molecular formula is C22H17NO5. The first kappa shape index (κ1) is 17.6. The second-order valence-corrected chi connectivity index (χ2v) is 6.26. The molecule has 1 amide bonds. The molecule has 6 heteroatoms. The zero-order valence-electron chi connectivity index (χ0n) is 15.0. The minimum atomic E-state index is -0.778. The second-order valence-electron chi connectivity index (χ2n) is 6.26.